The minimum absolute atomic E-state index is 0.233. The number of thiocarbonyl (C=S) groups is 1. The van der Waals surface area contributed by atoms with E-state index in [-0.39, 0.29) is 6.04 Å². The van der Waals surface area contributed by atoms with E-state index in [1.807, 2.05) is 18.2 Å². The third-order valence-corrected chi connectivity index (χ3v) is 1.89. The number of benzene rings is 1. The lowest BCUT2D eigenvalue weighted by atomic mass is 10.1. The summed E-state index contributed by atoms with van der Waals surface area (Å²) in [5, 5.41) is 3.05. The summed E-state index contributed by atoms with van der Waals surface area (Å²) < 4.78 is 0.534. The Kier molecular flexibility index (Phi) is 3.56. The van der Waals surface area contributed by atoms with E-state index in [1.54, 1.807) is 0 Å². The van der Waals surface area contributed by atoms with E-state index in [9.17, 15) is 0 Å². The van der Waals surface area contributed by atoms with Crippen molar-refractivity contribution in [3.05, 3.63) is 35.9 Å². The molecule has 0 aromatic heterocycles. The molecule has 0 fully saturated rings. The first-order chi connectivity index (χ1) is 5.70. The maximum absolute atomic E-state index is 4.82. The van der Waals surface area contributed by atoms with Gasteiger partial charge < -0.3 is 5.32 Å². The average Bonchev–Trinajstić information content (AvgIpc) is 2.05. The highest BCUT2D eigenvalue weighted by molar-refractivity contribution is 8.11. The molecule has 0 saturated carbocycles. The third-order valence-electron chi connectivity index (χ3n) is 1.64. The number of thiol groups is 1. The van der Waals surface area contributed by atoms with Crippen LogP contribution in [0.1, 0.15) is 18.5 Å². The van der Waals surface area contributed by atoms with Crippen LogP contribution in [-0.2, 0) is 0 Å². The third kappa shape index (κ3) is 2.83. The molecule has 0 spiro atoms. The molecule has 0 radical (unpaired) electrons. The van der Waals surface area contributed by atoms with Gasteiger partial charge in [-0.1, -0.05) is 42.5 Å². The predicted octanol–water partition coefficient (Wildman–Crippen LogP) is 2.55. The van der Waals surface area contributed by atoms with E-state index in [1.165, 1.54) is 5.56 Å². The van der Waals surface area contributed by atoms with Crippen molar-refractivity contribution in [1.82, 2.24) is 5.32 Å². The van der Waals surface area contributed by atoms with Crippen LogP contribution in [0, 0.1) is 0 Å². The summed E-state index contributed by atoms with van der Waals surface area (Å²) in [5.41, 5.74) is 1.22. The maximum Gasteiger partial charge on any atom is 0.131 e. The molecule has 0 aliphatic rings. The van der Waals surface area contributed by atoms with E-state index in [4.69, 9.17) is 12.2 Å². The van der Waals surface area contributed by atoms with Crippen molar-refractivity contribution in [2.24, 2.45) is 0 Å². The van der Waals surface area contributed by atoms with Crippen molar-refractivity contribution < 1.29 is 0 Å². The van der Waals surface area contributed by atoms with Crippen LogP contribution in [0.5, 0.6) is 0 Å². The van der Waals surface area contributed by atoms with Gasteiger partial charge in [0.2, 0.25) is 0 Å². The Morgan fingerprint density at radius 1 is 1.42 bits per heavy atom. The molecular weight excluding hydrogens is 186 g/mol. The summed E-state index contributed by atoms with van der Waals surface area (Å²) in [4.78, 5) is 0. The predicted molar refractivity (Wildman–Crippen MR) is 59.6 cm³/mol. The molecule has 1 aromatic carbocycles. The van der Waals surface area contributed by atoms with Crippen LogP contribution in [0.15, 0.2) is 30.3 Å². The SMILES string of the molecule is CC(NC(=S)S)c1ccccc1. The van der Waals surface area contributed by atoms with Crippen molar-refractivity contribution in [1.29, 1.82) is 0 Å². The summed E-state index contributed by atoms with van der Waals surface area (Å²) in [5.74, 6) is 0. The summed E-state index contributed by atoms with van der Waals surface area (Å²) in [6.45, 7) is 2.05. The van der Waals surface area contributed by atoms with E-state index in [0.29, 0.717) is 4.32 Å². The lowest BCUT2D eigenvalue weighted by Crippen LogP contribution is -2.20. The topological polar surface area (TPSA) is 12.0 Å². The molecule has 1 unspecified atom stereocenters. The van der Waals surface area contributed by atoms with Gasteiger partial charge in [0.1, 0.15) is 4.32 Å². The van der Waals surface area contributed by atoms with Crippen molar-refractivity contribution >= 4 is 29.2 Å². The first-order valence-corrected chi connectivity index (χ1v) is 4.60. The first kappa shape index (κ1) is 9.55. The largest absolute Gasteiger partial charge is 0.365 e. The Bertz CT molecular complexity index is 258. The summed E-state index contributed by atoms with van der Waals surface area (Å²) >= 11 is 8.83. The lowest BCUT2D eigenvalue weighted by molar-refractivity contribution is 0.730. The van der Waals surface area contributed by atoms with Gasteiger partial charge in [0.25, 0.3) is 0 Å². The molecule has 0 saturated heterocycles. The Hall–Kier alpha value is -0.540. The maximum atomic E-state index is 4.82. The normalized spacial score (nSPS) is 12.2. The molecule has 1 N–H and O–H groups in total. The van der Waals surface area contributed by atoms with Crippen LogP contribution in [0.25, 0.3) is 0 Å². The van der Waals surface area contributed by atoms with Crippen LogP contribution < -0.4 is 5.32 Å². The molecule has 1 nitrogen and oxygen atoms in total. The number of rotatable bonds is 2. The highest BCUT2D eigenvalue weighted by Crippen LogP contribution is 2.11. The molecule has 0 aliphatic heterocycles. The molecule has 64 valence electrons. The second-order valence-electron chi connectivity index (χ2n) is 2.58. The van der Waals surface area contributed by atoms with E-state index in [0.717, 1.165) is 0 Å². The molecule has 0 bridgehead atoms. The molecule has 1 atom stereocenters. The quantitative estimate of drug-likeness (QED) is 0.558. The minimum Gasteiger partial charge on any atom is -0.365 e. The fraction of sp³-hybridized carbons (Fsp3) is 0.222. The molecule has 1 rings (SSSR count). The second-order valence-corrected chi connectivity index (χ2v) is 3.74. The first-order valence-electron chi connectivity index (χ1n) is 3.74. The average molecular weight is 197 g/mol. The fourth-order valence-corrected chi connectivity index (χ4v) is 1.38. The van der Waals surface area contributed by atoms with Crippen molar-refractivity contribution in [2.45, 2.75) is 13.0 Å². The zero-order valence-corrected chi connectivity index (χ0v) is 8.53. The minimum atomic E-state index is 0.233. The smallest absolute Gasteiger partial charge is 0.131 e. The van der Waals surface area contributed by atoms with Gasteiger partial charge in [-0.25, -0.2) is 0 Å². The van der Waals surface area contributed by atoms with Gasteiger partial charge in [-0.3, -0.25) is 0 Å². The number of hydrogen-bond acceptors (Lipinski definition) is 1. The highest BCUT2D eigenvalue weighted by Gasteiger charge is 2.02. The second kappa shape index (κ2) is 4.48. The highest BCUT2D eigenvalue weighted by atomic mass is 32.1. The van der Waals surface area contributed by atoms with Crippen LogP contribution in [0.4, 0.5) is 0 Å². The molecule has 0 amide bonds. The molecule has 3 heteroatoms. The van der Waals surface area contributed by atoms with Gasteiger partial charge in [0.05, 0.1) is 0 Å². The van der Waals surface area contributed by atoms with Crippen LogP contribution in [0.2, 0.25) is 0 Å². The molecule has 0 heterocycles. The molecule has 1 aromatic rings. The van der Waals surface area contributed by atoms with E-state index in [2.05, 4.69) is 37.0 Å². The van der Waals surface area contributed by atoms with Crippen molar-refractivity contribution in [3.8, 4) is 0 Å². The van der Waals surface area contributed by atoms with E-state index >= 15 is 0 Å². The van der Waals surface area contributed by atoms with Crippen molar-refractivity contribution in [2.75, 3.05) is 0 Å². The number of nitrogens with one attached hydrogen (secondary N) is 1. The zero-order chi connectivity index (χ0) is 8.97. The Morgan fingerprint density at radius 3 is 2.50 bits per heavy atom. The monoisotopic (exact) mass is 197 g/mol. The van der Waals surface area contributed by atoms with Gasteiger partial charge in [-0.05, 0) is 12.5 Å². The molecule has 12 heavy (non-hydrogen) atoms. The van der Waals surface area contributed by atoms with Gasteiger partial charge in [0.15, 0.2) is 0 Å². The van der Waals surface area contributed by atoms with Gasteiger partial charge >= 0.3 is 0 Å². The Morgan fingerprint density at radius 2 is 2.00 bits per heavy atom. The number of hydrogen-bond donors (Lipinski definition) is 2. The van der Waals surface area contributed by atoms with Gasteiger partial charge in [-0.15, -0.1) is 12.6 Å². The summed E-state index contributed by atoms with van der Waals surface area (Å²) in [7, 11) is 0. The Balaban J connectivity index is 2.65. The summed E-state index contributed by atoms with van der Waals surface area (Å²) in [6, 6.07) is 10.4. The summed E-state index contributed by atoms with van der Waals surface area (Å²) in [6.07, 6.45) is 0. The van der Waals surface area contributed by atoms with Crippen molar-refractivity contribution in [3.63, 3.8) is 0 Å². The zero-order valence-electron chi connectivity index (χ0n) is 6.82. The fourth-order valence-electron chi connectivity index (χ4n) is 1.01. The van der Waals surface area contributed by atoms with Gasteiger partial charge in [-0.2, -0.15) is 0 Å². The van der Waals surface area contributed by atoms with Crippen LogP contribution in [0.3, 0.4) is 0 Å². The van der Waals surface area contributed by atoms with E-state index < -0.39 is 0 Å². The Labute approximate surface area is 83.6 Å². The lowest BCUT2D eigenvalue weighted by Gasteiger charge is -2.12. The van der Waals surface area contributed by atoms with Crippen LogP contribution in [-0.4, -0.2) is 4.32 Å². The molecular formula is C9H11NS2. The molecule has 0 aliphatic carbocycles. The standard InChI is InChI=1S/C9H11NS2/c1-7(10-9(11)12)8-5-3-2-4-6-8/h2-7H,1H3,(H2,10,11,12). The van der Waals surface area contributed by atoms with Crippen LogP contribution >= 0.6 is 24.8 Å². The van der Waals surface area contributed by atoms with Gasteiger partial charge in [0, 0.05) is 6.04 Å².